The fourth-order valence-corrected chi connectivity index (χ4v) is 1.72. The van der Waals surface area contributed by atoms with Gasteiger partial charge in [-0.05, 0) is 37.7 Å². The minimum atomic E-state index is -0.305. The van der Waals surface area contributed by atoms with Gasteiger partial charge in [-0.2, -0.15) is 0 Å². The number of ether oxygens (including phenoxy) is 3. The summed E-state index contributed by atoms with van der Waals surface area (Å²) in [5, 5.41) is 0.713. The van der Waals surface area contributed by atoms with Crippen LogP contribution in [-0.4, -0.2) is 45.7 Å². The maximum Gasteiger partial charge on any atom is 0.217 e. The van der Waals surface area contributed by atoms with Crippen LogP contribution in [0.5, 0.6) is 5.75 Å². The maximum absolute atomic E-state index is 5.79. The van der Waals surface area contributed by atoms with Gasteiger partial charge in [-0.1, -0.05) is 11.6 Å². The monoisotopic (exact) mass is 273 g/mol. The number of methoxy groups -OCH3 is 2. The van der Waals surface area contributed by atoms with E-state index < -0.39 is 0 Å². The van der Waals surface area contributed by atoms with Crippen molar-refractivity contribution in [3.8, 4) is 5.75 Å². The topological polar surface area (TPSA) is 30.9 Å². The lowest BCUT2D eigenvalue weighted by atomic mass is 10.3. The molecule has 0 aliphatic carbocycles. The predicted molar refractivity (Wildman–Crippen MR) is 72.0 cm³/mol. The van der Waals surface area contributed by atoms with Crippen molar-refractivity contribution >= 4 is 11.6 Å². The van der Waals surface area contributed by atoms with Crippen LogP contribution in [0.25, 0.3) is 0 Å². The largest absolute Gasteiger partial charge is 0.494 e. The lowest BCUT2D eigenvalue weighted by Gasteiger charge is -2.24. The summed E-state index contributed by atoms with van der Waals surface area (Å²) in [4.78, 5) is 1.98. The molecule has 0 saturated heterocycles. The summed E-state index contributed by atoms with van der Waals surface area (Å²) in [6, 6.07) is 7.35. The van der Waals surface area contributed by atoms with Gasteiger partial charge in [-0.25, -0.2) is 0 Å². The molecule has 0 aliphatic heterocycles. The van der Waals surface area contributed by atoms with Crippen molar-refractivity contribution in [1.29, 1.82) is 0 Å². The molecule has 4 nitrogen and oxygen atoms in total. The van der Waals surface area contributed by atoms with Gasteiger partial charge in [-0.3, -0.25) is 4.90 Å². The highest BCUT2D eigenvalue weighted by molar-refractivity contribution is 6.30. The van der Waals surface area contributed by atoms with E-state index in [1.165, 1.54) is 0 Å². The normalized spacial score (nSPS) is 11.2. The lowest BCUT2D eigenvalue weighted by Crippen LogP contribution is -2.35. The quantitative estimate of drug-likeness (QED) is 0.538. The molecule has 0 atom stereocenters. The van der Waals surface area contributed by atoms with Crippen LogP contribution in [0.4, 0.5) is 0 Å². The first-order valence-corrected chi connectivity index (χ1v) is 6.19. The first-order valence-electron chi connectivity index (χ1n) is 5.81. The Balaban J connectivity index is 2.20. The Morgan fingerprint density at radius 2 is 1.78 bits per heavy atom. The van der Waals surface area contributed by atoms with Gasteiger partial charge >= 0.3 is 0 Å². The molecule has 1 aromatic carbocycles. The third-order valence-electron chi connectivity index (χ3n) is 2.50. The third kappa shape index (κ3) is 5.23. The van der Waals surface area contributed by atoms with E-state index in [1.54, 1.807) is 14.2 Å². The van der Waals surface area contributed by atoms with Gasteiger partial charge in [-0.15, -0.1) is 0 Å². The summed E-state index contributed by atoms with van der Waals surface area (Å²) in [6.45, 7) is 1.48. The van der Waals surface area contributed by atoms with Crippen LogP contribution in [0.3, 0.4) is 0 Å². The zero-order valence-electron chi connectivity index (χ0n) is 11.1. The molecule has 0 spiro atoms. The Kier molecular flexibility index (Phi) is 7.05. The van der Waals surface area contributed by atoms with Gasteiger partial charge in [0.25, 0.3) is 0 Å². The van der Waals surface area contributed by atoms with Gasteiger partial charge < -0.3 is 14.2 Å². The Morgan fingerprint density at radius 1 is 1.17 bits per heavy atom. The summed E-state index contributed by atoms with van der Waals surface area (Å²) in [5.41, 5.74) is 0. The van der Waals surface area contributed by atoms with E-state index in [1.807, 2.05) is 36.2 Å². The summed E-state index contributed by atoms with van der Waals surface area (Å²) >= 11 is 5.79. The highest BCUT2D eigenvalue weighted by atomic mass is 35.5. The van der Waals surface area contributed by atoms with Crippen molar-refractivity contribution < 1.29 is 14.2 Å². The summed E-state index contributed by atoms with van der Waals surface area (Å²) < 4.78 is 15.9. The lowest BCUT2D eigenvalue weighted by molar-refractivity contribution is -0.188. The van der Waals surface area contributed by atoms with E-state index in [2.05, 4.69) is 0 Å². The number of benzene rings is 1. The number of nitrogens with zero attached hydrogens (tertiary/aromatic N) is 1. The molecule has 1 aromatic rings. The van der Waals surface area contributed by atoms with Gasteiger partial charge in [0.05, 0.1) is 6.61 Å². The molecular weight excluding hydrogens is 254 g/mol. The molecule has 102 valence electrons. The molecule has 5 heteroatoms. The summed E-state index contributed by atoms with van der Waals surface area (Å²) in [6.07, 6.45) is 0.586. The zero-order valence-corrected chi connectivity index (χ0v) is 11.8. The minimum Gasteiger partial charge on any atom is -0.494 e. The van der Waals surface area contributed by atoms with Crippen molar-refractivity contribution in [2.24, 2.45) is 0 Å². The second-order valence-electron chi connectivity index (χ2n) is 3.91. The SMILES string of the molecule is COC(OC)N(C)CCCOc1ccc(Cl)cc1. The van der Waals surface area contributed by atoms with E-state index in [9.17, 15) is 0 Å². The molecule has 0 bridgehead atoms. The number of hydrogen-bond donors (Lipinski definition) is 0. The molecule has 0 N–H and O–H groups in total. The average molecular weight is 274 g/mol. The molecule has 0 fully saturated rings. The fraction of sp³-hybridized carbons (Fsp3) is 0.538. The van der Waals surface area contributed by atoms with Crippen LogP contribution < -0.4 is 4.74 Å². The fourth-order valence-electron chi connectivity index (χ4n) is 1.60. The standard InChI is InChI=1S/C13H20ClNO3/c1-15(13(16-2)17-3)9-4-10-18-12-7-5-11(14)6-8-12/h5-8,13H,4,9-10H2,1-3H3. The van der Waals surface area contributed by atoms with Gasteiger partial charge in [0.2, 0.25) is 6.41 Å². The number of hydrogen-bond acceptors (Lipinski definition) is 4. The van der Waals surface area contributed by atoms with E-state index in [4.69, 9.17) is 25.8 Å². The van der Waals surface area contributed by atoms with Crippen molar-refractivity contribution in [2.45, 2.75) is 12.8 Å². The Labute approximate surface area is 113 Å². The summed E-state index contributed by atoms with van der Waals surface area (Å²) in [7, 11) is 5.18. The molecular formula is C13H20ClNO3. The molecule has 0 heterocycles. The van der Waals surface area contributed by atoms with Gasteiger partial charge in [0, 0.05) is 25.8 Å². The van der Waals surface area contributed by atoms with Gasteiger partial charge in [0.1, 0.15) is 5.75 Å². The molecule has 0 aliphatic rings. The average Bonchev–Trinajstić information content (AvgIpc) is 2.38. The summed E-state index contributed by atoms with van der Waals surface area (Å²) in [5.74, 6) is 0.831. The highest BCUT2D eigenvalue weighted by Crippen LogP contribution is 2.15. The van der Waals surface area contributed by atoms with Crippen LogP contribution in [-0.2, 0) is 9.47 Å². The number of rotatable bonds is 8. The zero-order chi connectivity index (χ0) is 13.4. The van der Waals surface area contributed by atoms with E-state index in [-0.39, 0.29) is 6.41 Å². The second kappa shape index (κ2) is 8.32. The molecule has 0 aromatic heterocycles. The van der Waals surface area contributed by atoms with Crippen LogP contribution in [0, 0.1) is 0 Å². The first-order chi connectivity index (χ1) is 8.67. The number of halogens is 1. The molecule has 18 heavy (non-hydrogen) atoms. The first kappa shape index (κ1) is 15.2. The molecule has 0 unspecified atom stereocenters. The molecule has 0 radical (unpaired) electrons. The van der Waals surface area contributed by atoms with Crippen LogP contribution in [0.1, 0.15) is 6.42 Å². The van der Waals surface area contributed by atoms with Crippen LogP contribution in [0.2, 0.25) is 5.02 Å². The minimum absolute atomic E-state index is 0.305. The molecule has 0 saturated carbocycles. The predicted octanol–water partition coefficient (Wildman–Crippen LogP) is 2.62. The molecule has 0 amide bonds. The Bertz CT molecular complexity index is 328. The van der Waals surface area contributed by atoms with E-state index >= 15 is 0 Å². The smallest absolute Gasteiger partial charge is 0.217 e. The Morgan fingerprint density at radius 3 is 2.33 bits per heavy atom. The third-order valence-corrected chi connectivity index (χ3v) is 2.75. The van der Waals surface area contributed by atoms with Gasteiger partial charge in [0.15, 0.2) is 0 Å². The highest BCUT2D eigenvalue weighted by Gasteiger charge is 2.11. The van der Waals surface area contributed by atoms with Crippen LogP contribution in [0.15, 0.2) is 24.3 Å². The van der Waals surface area contributed by atoms with Crippen molar-refractivity contribution in [3.63, 3.8) is 0 Å². The second-order valence-corrected chi connectivity index (χ2v) is 4.35. The Hall–Kier alpha value is -0.810. The van der Waals surface area contributed by atoms with E-state index in [0.717, 1.165) is 18.7 Å². The van der Waals surface area contributed by atoms with Crippen molar-refractivity contribution in [1.82, 2.24) is 4.90 Å². The van der Waals surface area contributed by atoms with E-state index in [0.29, 0.717) is 11.6 Å². The van der Waals surface area contributed by atoms with Crippen LogP contribution >= 0.6 is 11.6 Å². The van der Waals surface area contributed by atoms with Crippen molar-refractivity contribution in [3.05, 3.63) is 29.3 Å². The molecule has 1 rings (SSSR count). The maximum atomic E-state index is 5.79. The van der Waals surface area contributed by atoms with Crippen molar-refractivity contribution in [2.75, 3.05) is 34.4 Å².